The third-order valence-electron chi connectivity index (χ3n) is 9.40. The summed E-state index contributed by atoms with van der Waals surface area (Å²) >= 11 is 0. The van der Waals surface area contributed by atoms with E-state index >= 15 is 0 Å². The van der Waals surface area contributed by atoms with E-state index in [0.29, 0.717) is 36.8 Å². The maximum Gasteiger partial charge on any atom is 0.354 e. The van der Waals surface area contributed by atoms with Gasteiger partial charge < -0.3 is 33.7 Å². The lowest BCUT2D eigenvalue weighted by molar-refractivity contribution is 0.0504. The number of nitrogens with one attached hydrogen (secondary N) is 1. The van der Waals surface area contributed by atoms with Crippen LogP contribution in [0.25, 0.3) is 0 Å². The van der Waals surface area contributed by atoms with Crippen molar-refractivity contribution in [3.63, 3.8) is 0 Å². The Kier molecular flexibility index (Phi) is 16.1. The van der Waals surface area contributed by atoms with Gasteiger partial charge in [-0.05, 0) is 89.1 Å². The van der Waals surface area contributed by atoms with E-state index in [-0.39, 0.29) is 11.9 Å². The number of ether oxygens (including phenoxy) is 2. The van der Waals surface area contributed by atoms with Crippen LogP contribution >= 0.6 is 0 Å². The molecule has 0 bridgehead atoms. The molecule has 13 heteroatoms. The summed E-state index contributed by atoms with van der Waals surface area (Å²) in [6, 6.07) is 11.9. The predicted molar refractivity (Wildman–Crippen MR) is 208 cm³/mol. The summed E-state index contributed by atoms with van der Waals surface area (Å²) in [5, 5.41) is 3.33. The number of carbonyl (C=O) groups is 3. The zero-order valence-corrected chi connectivity index (χ0v) is 32.2. The number of aldehydes is 1. The lowest BCUT2D eigenvalue weighted by Gasteiger charge is -2.36. The Hall–Kier alpha value is -5.01. The maximum atomic E-state index is 12.2. The van der Waals surface area contributed by atoms with Crippen molar-refractivity contribution in [2.45, 2.75) is 61.2 Å². The molecule has 4 aromatic heterocycles. The molecule has 0 aromatic carbocycles. The highest BCUT2D eigenvalue weighted by Crippen LogP contribution is 2.21. The average Bonchev–Trinajstić information content (AvgIpc) is 3.71. The first-order valence-corrected chi connectivity index (χ1v) is 18.7. The van der Waals surface area contributed by atoms with Crippen molar-refractivity contribution >= 4 is 29.6 Å². The number of aromatic nitrogens is 4. The quantitative estimate of drug-likeness (QED) is 0.166. The second-order valence-corrected chi connectivity index (χ2v) is 12.7. The van der Waals surface area contributed by atoms with E-state index < -0.39 is 0 Å². The van der Waals surface area contributed by atoms with Gasteiger partial charge in [-0.1, -0.05) is 0 Å². The molecule has 0 aliphatic carbocycles. The van der Waals surface area contributed by atoms with Gasteiger partial charge >= 0.3 is 11.9 Å². The van der Waals surface area contributed by atoms with Crippen LogP contribution < -0.4 is 15.1 Å². The van der Waals surface area contributed by atoms with Gasteiger partial charge in [-0.3, -0.25) is 19.7 Å². The molecule has 286 valence electrons. The summed E-state index contributed by atoms with van der Waals surface area (Å²) < 4.78 is 13.9. The summed E-state index contributed by atoms with van der Waals surface area (Å²) in [6.07, 6.45) is 8.14. The number of pyridine rings is 2. The van der Waals surface area contributed by atoms with Crippen LogP contribution in [0.4, 0.5) is 11.4 Å². The largest absolute Gasteiger partial charge is 0.461 e. The standard InChI is InChI=1S/C20H28N4O2.C11H15NO3.C9H13N3/c1-4-24-18(20(25)26-5-2)14-16(3)19(24)15-22-10-12-23(13-11-22)17-6-8-21-9-7-17;1-4-12-9(11(14)15-5-2)6-8(3)10(12)7-13;1-3-10-4-2-9(1)12-7-5-11-6-8-12/h6-9,14H,4-5,10-13,15H2,1-3H3;6-7H,4-5H2,1-3H3;1-4,11H,5-8H2. The smallest absolute Gasteiger partial charge is 0.354 e. The Balaban J connectivity index is 0.000000196. The number of aryl methyl sites for hydroxylation is 2. The Morgan fingerprint density at radius 2 is 1.17 bits per heavy atom. The van der Waals surface area contributed by atoms with Crippen LogP contribution in [0.15, 0.2) is 61.2 Å². The summed E-state index contributed by atoms with van der Waals surface area (Å²) in [5.41, 5.74) is 7.34. The monoisotopic (exact) mass is 728 g/mol. The van der Waals surface area contributed by atoms with Crippen molar-refractivity contribution < 1.29 is 23.9 Å². The predicted octanol–water partition coefficient (Wildman–Crippen LogP) is 5.01. The molecule has 4 aromatic rings. The summed E-state index contributed by atoms with van der Waals surface area (Å²) in [5.74, 6) is -0.609. The maximum absolute atomic E-state index is 12.2. The van der Waals surface area contributed by atoms with E-state index in [0.717, 1.165) is 82.9 Å². The van der Waals surface area contributed by atoms with Crippen molar-refractivity contribution in [2.75, 3.05) is 75.4 Å². The van der Waals surface area contributed by atoms with E-state index in [4.69, 9.17) is 9.47 Å². The van der Waals surface area contributed by atoms with Crippen molar-refractivity contribution in [1.29, 1.82) is 0 Å². The van der Waals surface area contributed by atoms with Crippen LogP contribution in [0.3, 0.4) is 0 Å². The third-order valence-corrected chi connectivity index (χ3v) is 9.40. The number of carbonyl (C=O) groups excluding carboxylic acids is 3. The molecule has 2 fully saturated rings. The molecule has 2 aliphatic rings. The number of esters is 2. The van der Waals surface area contributed by atoms with Gasteiger partial charge in [0.15, 0.2) is 6.29 Å². The Bertz CT molecular complexity index is 1730. The summed E-state index contributed by atoms with van der Waals surface area (Å²) in [4.78, 5) is 49.9. The number of rotatable bonds is 11. The molecule has 0 saturated carbocycles. The van der Waals surface area contributed by atoms with Gasteiger partial charge in [0.25, 0.3) is 0 Å². The second-order valence-electron chi connectivity index (χ2n) is 12.7. The number of hydrogen-bond donors (Lipinski definition) is 1. The molecule has 2 saturated heterocycles. The van der Waals surface area contributed by atoms with Crippen molar-refractivity contribution in [1.82, 2.24) is 29.3 Å². The number of nitrogens with zero attached hydrogens (tertiary/aromatic N) is 7. The van der Waals surface area contributed by atoms with E-state index in [1.807, 2.05) is 44.7 Å². The fourth-order valence-electron chi connectivity index (χ4n) is 6.65. The zero-order chi connectivity index (χ0) is 38.2. The van der Waals surface area contributed by atoms with Gasteiger partial charge in [0.1, 0.15) is 11.4 Å². The molecule has 6 rings (SSSR count). The van der Waals surface area contributed by atoms with Gasteiger partial charge in [-0.25, -0.2) is 9.59 Å². The van der Waals surface area contributed by atoms with E-state index in [1.54, 1.807) is 24.5 Å². The molecule has 0 radical (unpaired) electrons. The first-order chi connectivity index (χ1) is 25.8. The number of anilines is 2. The Labute approximate surface area is 313 Å². The van der Waals surface area contributed by atoms with Gasteiger partial charge in [0.05, 0.1) is 18.9 Å². The third kappa shape index (κ3) is 11.0. The van der Waals surface area contributed by atoms with Crippen LogP contribution in [0.1, 0.15) is 76.0 Å². The summed E-state index contributed by atoms with van der Waals surface area (Å²) in [7, 11) is 0. The average molecular weight is 729 g/mol. The second kappa shape index (κ2) is 20.9. The van der Waals surface area contributed by atoms with Crippen molar-refractivity contribution in [3.8, 4) is 0 Å². The fourth-order valence-corrected chi connectivity index (χ4v) is 6.65. The Morgan fingerprint density at radius 3 is 1.64 bits per heavy atom. The molecule has 0 atom stereocenters. The van der Waals surface area contributed by atoms with Crippen LogP contribution in [0.5, 0.6) is 0 Å². The lowest BCUT2D eigenvalue weighted by Crippen LogP contribution is -2.46. The van der Waals surface area contributed by atoms with Crippen molar-refractivity contribution in [2.24, 2.45) is 0 Å². The van der Waals surface area contributed by atoms with Crippen LogP contribution in [-0.2, 0) is 29.1 Å². The molecule has 2 aliphatic heterocycles. The molecule has 0 unspecified atom stereocenters. The van der Waals surface area contributed by atoms with E-state index in [1.165, 1.54) is 17.1 Å². The highest BCUT2D eigenvalue weighted by molar-refractivity contribution is 5.91. The normalized spacial score (nSPS) is 14.4. The molecule has 53 heavy (non-hydrogen) atoms. The molecule has 1 N–H and O–H groups in total. The van der Waals surface area contributed by atoms with Crippen molar-refractivity contribution in [3.05, 3.63) is 95.1 Å². The van der Waals surface area contributed by atoms with Crippen LogP contribution in [0.2, 0.25) is 0 Å². The first kappa shape index (κ1) is 40.8. The van der Waals surface area contributed by atoms with Gasteiger partial charge in [0.2, 0.25) is 0 Å². The molecular formula is C40H56N8O5. The molecule has 0 amide bonds. The SMILES string of the molecule is CCOC(=O)c1cc(C)c(C=O)n1CC.CCOC(=O)c1cc(C)c(CN2CCN(c3ccncc3)CC2)n1CC.c1cc(N2CCNCC2)ccn1. The lowest BCUT2D eigenvalue weighted by atomic mass is 10.2. The molecule has 13 nitrogen and oxygen atoms in total. The fraction of sp³-hybridized carbons (Fsp3) is 0.475. The van der Waals surface area contributed by atoms with E-state index in [9.17, 15) is 14.4 Å². The van der Waals surface area contributed by atoms with Gasteiger partial charge in [-0.2, -0.15) is 0 Å². The van der Waals surface area contributed by atoms with Crippen LogP contribution in [-0.4, -0.2) is 108 Å². The first-order valence-electron chi connectivity index (χ1n) is 18.7. The minimum atomic E-state index is -0.379. The van der Waals surface area contributed by atoms with Gasteiger partial charge in [0, 0.05) is 114 Å². The number of hydrogen-bond acceptors (Lipinski definition) is 11. The minimum absolute atomic E-state index is 0.230. The highest BCUT2D eigenvalue weighted by Gasteiger charge is 2.23. The molecule has 6 heterocycles. The van der Waals surface area contributed by atoms with Crippen LogP contribution in [0, 0.1) is 13.8 Å². The summed E-state index contributed by atoms with van der Waals surface area (Å²) in [6.45, 7) is 22.8. The molecule has 0 spiro atoms. The molecular weight excluding hydrogens is 672 g/mol. The topological polar surface area (TPSA) is 127 Å². The zero-order valence-electron chi connectivity index (χ0n) is 32.2. The number of piperazine rings is 2. The van der Waals surface area contributed by atoms with Gasteiger partial charge in [-0.15, -0.1) is 0 Å². The minimum Gasteiger partial charge on any atom is -0.461 e. The Morgan fingerprint density at radius 1 is 0.698 bits per heavy atom. The highest BCUT2D eigenvalue weighted by atomic mass is 16.5. The van der Waals surface area contributed by atoms with E-state index in [2.05, 4.69) is 72.7 Å².